The predicted octanol–water partition coefficient (Wildman–Crippen LogP) is 3.31. The maximum atomic E-state index is 12.7. The summed E-state index contributed by atoms with van der Waals surface area (Å²) >= 11 is 0. The van der Waals surface area contributed by atoms with Crippen molar-refractivity contribution in [3.8, 4) is 0 Å². The van der Waals surface area contributed by atoms with Crippen molar-refractivity contribution in [2.24, 2.45) is 0 Å². The fraction of sp³-hybridized carbons (Fsp3) is 0.333. The molecular formula is C9H7ClF4O2S. The van der Waals surface area contributed by atoms with Gasteiger partial charge in [-0.3, -0.25) is 0 Å². The summed E-state index contributed by atoms with van der Waals surface area (Å²) in [6, 6.07) is 2.34. The van der Waals surface area contributed by atoms with Crippen LogP contribution in [0.1, 0.15) is 16.4 Å². The highest BCUT2D eigenvalue weighted by molar-refractivity contribution is 8.14. The van der Waals surface area contributed by atoms with E-state index >= 15 is 0 Å². The first-order valence-electron chi connectivity index (χ1n) is 4.29. The van der Waals surface area contributed by atoms with Crippen LogP contribution >= 0.6 is 10.7 Å². The van der Waals surface area contributed by atoms with E-state index in [0.717, 1.165) is 18.2 Å². The highest BCUT2D eigenvalue weighted by Gasteiger charge is 2.49. The summed E-state index contributed by atoms with van der Waals surface area (Å²) in [5.41, 5.74) is -0.703. The van der Waals surface area contributed by atoms with Crippen LogP contribution in [0.5, 0.6) is 0 Å². The average molecular weight is 291 g/mol. The van der Waals surface area contributed by atoms with Crippen LogP contribution in [-0.2, 0) is 9.05 Å². The highest BCUT2D eigenvalue weighted by Crippen LogP contribution is 2.42. The van der Waals surface area contributed by atoms with Gasteiger partial charge in [0, 0.05) is 10.7 Å². The van der Waals surface area contributed by atoms with E-state index < -0.39 is 31.9 Å². The van der Waals surface area contributed by atoms with Crippen LogP contribution in [0.4, 0.5) is 17.6 Å². The molecule has 0 aromatic heterocycles. The number of alkyl halides is 3. The summed E-state index contributed by atoms with van der Waals surface area (Å²) in [6.45, 7) is 1.18. The van der Waals surface area contributed by atoms with Crippen molar-refractivity contribution in [3.63, 3.8) is 0 Å². The molecule has 0 saturated carbocycles. The average Bonchev–Trinajstić information content (AvgIpc) is 2.04. The van der Waals surface area contributed by atoms with Gasteiger partial charge >= 0.3 is 6.18 Å². The molecule has 1 rings (SSSR count). The molecule has 1 aromatic rings. The minimum Gasteiger partial charge on any atom is -0.211 e. The molecule has 17 heavy (non-hydrogen) atoms. The first-order valence-corrected chi connectivity index (χ1v) is 6.67. The van der Waals surface area contributed by atoms with Crippen molar-refractivity contribution in [1.29, 1.82) is 0 Å². The summed E-state index contributed by atoms with van der Waals surface area (Å²) in [4.78, 5) is 0. The lowest BCUT2D eigenvalue weighted by Crippen LogP contribution is -2.26. The Hall–Kier alpha value is -0.820. The molecule has 1 aromatic carbocycles. The Bertz CT molecular complexity index is 524. The van der Waals surface area contributed by atoms with Crippen molar-refractivity contribution in [2.45, 2.75) is 18.3 Å². The molecule has 8 heteroatoms. The van der Waals surface area contributed by atoms with Gasteiger partial charge < -0.3 is 0 Å². The molecule has 1 atom stereocenters. The Kier molecular flexibility index (Phi) is 3.73. The molecule has 0 heterocycles. The van der Waals surface area contributed by atoms with Gasteiger partial charge in [0.1, 0.15) is 5.82 Å². The van der Waals surface area contributed by atoms with E-state index in [2.05, 4.69) is 0 Å². The fourth-order valence-electron chi connectivity index (χ4n) is 1.42. The number of halogens is 5. The second kappa shape index (κ2) is 4.45. The molecule has 0 spiro atoms. The monoisotopic (exact) mass is 290 g/mol. The molecule has 1 unspecified atom stereocenters. The number of hydrogen-bond acceptors (Lipinski definition) is 2. The van der Waals surface area contributed by atoms with E-state index in [-0.39, 0.29) is 5.56 Å². The quantitative estimate of drug-likeness (QED) is 0.618. The summed E-state index contributed by atoms with van der Waals surface area (Å²) in [5.74, 6) is -0.751. The maximum absolute atomic E-state index is 12.7. The third-order valence-corrected chi connectivity index (χ3v) is 3.71. The highest BCUT2D eigenvalue weighted by atomic mass is 35.7. The van der Waals surface area contributed by atoms with Crippen molar-refractivity contribution >= 4 is 19.7 Å². The molecule has 0 radical (unpaired) electrons. The Morgan fingerprint density at radius 2 is 1.82 bits per heavy atom. The Morgan fingerprint density at radius 3 is 2.18 bits per heavy atom. The van der Waals surface area contributed by atoms with Crippen LogP contribution in [0.15, 0.2) is 18.2 Å². The van der Waals surface area contributed by atoms with Gasteiger partial charge in [0.25, 0.3) is 0 Å². The predicted molar refractivity (Wildman–Crippen MR) is 54.7 cm³/mol. The zero-order chi connectivity index (χ0) is 13.4. The minimum absolute atomic E-state index is 0.128. The lowest BCUT2D eigenvalue weighted by Gasteiger charge is -2.19. The van der Waals surface area contributed by atoms with E-state index in [1.54, 1.807) is 0 Å². The summed E-state index contributed by atoms with van der Waals surface area (Å²) in [6.07, 6.45) is -5.05. The second-order valence-electron chi connectivity index (χ2n) is 3.40. The number of benzene rings is 1. The molecule has 0 aliphatic rings. The summed E-state index contributed by atoms with van der Waals surface area (Å²) < 4.78 is 72.5. The van der Waals surface area contributed by atoms with E-state index in [9.17, 15) is 26.0 Å². The number of rotatable bonds is 2. The molecule has 96 valence electrons. The molecule has 2 nitrogen and oxygen atoms in total. The molecular weight excluding hydrogens is 284 g/mol. The van der Waals surface area contributed by atoms with E-state index in [0.29, 0.717) is 0 Å². The largest absolute Gasteiger partial charge is 0.410 e. The summed E-state index contributed by atoms with van der Waals surface area (Å²) in [7, 11) is -0.0977. The third kappa shape index (κ3) is 3.32. The van der Waals surface area contributed by atoms with Crippen LogP contribution in [0.3, 0.4) is 0 Å². The Labute approximate surface area is 99.6 Å². The van der Waals surface area contributed by atoms with Crippen molar-refractivity contribution in [3.05, 3.63) is 35.1 Å². The van der Waals surface area contributed by atoms with Gasteiger partial charge in [-0.1, -0.05) is 6.07 Å². The first kappa shape index (κ1) is 14.2. The topological polar surface area (TPSA) is 34.1 Å². The van der Waals surface area contributed by atoms with Gasteiger partial charge in [-0.15, -0.1) is 0 Å². The van der Waals surface area contributed by atoms with Crippen LogP contribution in [-0.4, -0.2) is 14.6 Å². The van der Waals surface area contributed by atoms with E-state index in [1.165, 1.54) is 6.92 Å². The van der Waals surface area contributed by atoms with E-state index in [4.69, 9.17) is 10.7 Å². The standard InChI is InChI=1S/C9H7ClF4O2S/c1-5-4-6(11)2-3-7(5)8(9(12,13)14)17(10,15)16/h2-4,8H,1H3. The van der Waals surface area contributed by atoms with Crippen LogP contribution < -0.4 is 0 Å². The summed E-state index contributed by atoms with van der Waals surface area (Å²) in [5, 5.41) is -2.85. The van der Waals surface area contributed by atoms with Gasteiger partial charge in [0.05, 0.1) is 0 Å². The molecule has 0 bridgehead atoms. The van der Waals surface area contributed by atoms with Crippen LogP contribution in [0.25, 0.3) is 0 Å². The van der Waals surface area contributed by atoms with Gasteiger partial charge in [-0.05, 0) is 30.2 Å². The van der Waals surface area contributed by atoms with Crippen LogP contribution in [0.2, 0.25) is 0 Å². The van der Waals surface area contributed by atoms with Crippen LogP contribution in [0, 0.1) is 12.7 Å². The molecule has 0 aliphatic carbocycles. The van der Waals surface area contributed by atoms with Gasteiger partial charge in [0.15, 0.2) is 5.25 Å². The van der Waals surface area contributed by atoms with Crippen molar-refractivity contribution < 1.29 is 26.0 Å². The molecule has 0 N–H and O–H groups in total. The lowest BCUT2D eigenvalue weighted by atomic mass is 10.1. The second-order valence-corrected chi connectivity index (χ2v) is 6.11. The lowest BCUT2D eigenvalue weighted by molar-refractivity contribution is -0.131. The smallest absolute Gasteiger partial charge is 0.211 e. The first-order chi connectivity index (χ1) is 7.53. The zero-order valence-electron chi connectivity index (χ0n) is 8.42. The molecule has 0 amide bonds. The van der Waals surface area contributed by atoms with Crippen molar-refractivity contribution in [2.75, 3.05) is 0 Å². The molecule has 0 saturated heterocycles. The Morgan fingerprint density at radius 1 is 1.29 bits per heavy atom. The van der Waals surface area contributed by atoms with Gasteiger partial charge in [-0.25, -0.2) is 12.8 Å². The molecule has 0 fully saturated rings. The van der Waals surface area contributed by atoms with Crippen molar-refractivity contribution in [1.82, 2.24) is 0 Å². The SMILES string of the molecule is Cc1cc(F)ccc1C(C(F)(F)F)S(=O)(=O)Cl. The zero-order valence-corrected chi connectivity index (χ0v) is 10.00. The fourth-order valence-corrected chi connectivity index (χ4v) is 2.90. The number of hydrogen-bond donors (Lipinski definition) is 0. The Balaban J connectivity index is 3.44. The maximum Gasteiger partial charge on any atom is 0.410 e. The van der Waals surface area contributed by atoms with Gasteiger partial charge in [0.2, 0.25) is 9.05 Å². The normalized spacial score (nSPS) is 14.7. The number of aryl methyl sites for hydroxylation is 1. The van der Waals surface area contributed by atoms with Gasteiger partial charge in [-0.2, -0.15) is 13.2 Å². The molecule has 0 aliphatic heterocycles. The third-order valence-electron chi connectivity index (χ3n) is 2.09. The van der Waals surface area contributed by atoms with E-state index in [1.807, 2.05) is 0 Å². The minimum atomic E-state index is -5.05.